The molecule has 0 bridgehead atoms. The molecule has 3 rings (SSSR count). The van der Waals surface area contributed by atoms with Gasteiger partial charge in [-0.2, -0.15) is 0 Å². The highest BCUT2D eigenvalue weighted by Gasteiger charge is 2.22. The first-order valence-electron chi connectivity index (χ1n) is 8.24. The Labute approximate surface area is 168 Å². The maximum atomic E-state index is 12.6. The molecule has 0 spiro atoms. The monoisotopic (exact) mass is 439 g/mol. The molecule has 0 heterocycles. The molecule has 0 saturated carbocycles. The van der Waals surface area contributed by atoms with Crippen molar-refractivity contribution in [2.75, 3.05) is 12.8 Å². The summed E-state index contributed by atoms with van der Waals surface area (Å²) in [6.07, 6.45) is -0.123. The summed E-state index contributed by atoms with van der Waals surface area (Å²) in [4.78, 5) is -0.519. The molecule has 9 heteroatoms. The quantitative estimate of drug-likeness (QED) is 0.615. The number of sulfone groups is 1. The molecule has 0 aliphatic heterocycles. The molecule has 3 aromatic rings. The molecule has 0 saturated heterocycles. The Hall–Kier alpha value is -1.97. The van der Waals surface area contributed by atoms with Crippen LogP contribution in [0.1, 0.15) is 11.7 Å². The Bertz CT molecular complexity index is 1230. The zero-order valence-electron chi connectivity index (χ0n) is 14.8. The van der Waals surface area contributed by atoms with E-state index in [4.69, 9.17) is 11.6 Å². The number of aliphatic hydroxyl groups excluding tert-OH is 1. The topological polar surface area (TPSA) is 101 Å². The number of benzene rings is 3. The number of hydrogen-bond acceptors (Lipinski definition) is 5. The second kappa shape index (κ2) is 7.81. The van der Waals surface area contributed by atoms with Gasteiger partial charge < -0.3 is 5.11 Å². The summed E-state index contributed by atoms with van der Waals surface area (Å²) in [6.45, 7) is -0.296. The lowest BCUT2D eigenvalue weighted by Gasteiger charge is -2.15. The average molecular weight is 440 g/mol. The maximum absolute atomic E-state index is 12.6. The first-order valence-corrected chi connectivity index (χ1v) is 12.0. The van der Waals surface area contributed by atoms with Gasteiger partial charge in [0.1, 0.15) is 4.90 Å². The number of fused-ring (bicyclic) bond motifs is 1. The summed E-state index contributed by atoms with van der Waals surface area (Å²) >= 11 is 5.96. The van der Waals surface area contributed by atoms with Crippen LogP contribution in [0.3, 0.4) is 0 Å². The van der Waals surface area contributed by atoms with Crippen molar-refractivity contribution in [3.05, 3.63) is 71.2 Å². The van der Waals surface area contributed by atoms with Crippen molar-refractivity contribution in [2.24, 2.45) is 0 Å². The molecule has 0 aliphatic carbocycles. The molecule has 3 aromatic carbocycles. The standard InChI is InChI=1S/C19H18ClNO5S2/c1-27(23,24)14-9-10-17(20)19(11-14)28(25,26)21-12-18(22)16-8-4-6-13-5-2-3-7-15(13)16/h2-11,18,21-22H,12H2,1H3. The van der Waals surface area contributed by atoms with E-state index in [2.05, 4.69) is 4.72 Å². The summed E-state index contributed by atoms with van der Waals surface area (Å²) in [5.74, 6) is 0. The second-order valence-corrected chi connectivity index (χ2v) is 10.5. The summed E-state index contributed by atoms with van der Waals surface area (Å²) in [7, 11) is -7.74. The van der Waals surface area contributed by atoms with Crippen molar-refractivity contribution >= 4 is 42.2 Å². The fourth-order valence-corrected chi connectivity index (χ4v) is 5.12. The van der Waals surface area contributed by atoms with E-state index in [0.717, 1.165) is 23.1 Å². The zero-order chi connectivity index (χ0) is 20.5. The molecule has 0 aliphatic rings. The van der Waals surface area contributed by atoms with Gasteiger partial charge in [-0.1, -0.05) is 54.1 Å². The van der Waals surface area contributed by atoms with Crippen LogP contribution in [0.5, 0.6) is 0 Å². The summed E-state index contributed by atoms with van der Waals surface area (Å²) in [5, 5.41) is 12.2. The van der Waals surface area contributed by atoms with Crippen LogP contribution in [0.4, 0.5) is 0 Å². The van der Waals surface area contributed by atoms with E-state index in [1.165, 1.54) is 12.1 Å². The first-order chi connectivity index (χ1) is 13.1. The third kappa shape index (κ3) is 4.37. The zero-order valence-corrected chi connectivity index (χ0v) is 17.2. The van der Waals surface area contributed by atoms with Gasteiger partial charge in [0, 0.05) is 12.8 Å². The predicted octanol–water partition coefficient (Wildman–Crippen LogP) is 2.91. The molecule has 0 amide bonds. The van der Waals surface area contributed by atoms with Crippen molar-refractivity contribution < 1.29 is 21.9 Å². The minimum absolute atomic E-state index is 0.112. The fraction of sp³-hybridized carbons (Fsp3) is 0.158. The van der Waals surface area contributed by atoms with Crippen molar-refractivity contribution in [2.45, 2.75) is 15.9 Å². The number of nitrogens with one attached hydrogen (secondary N) is 1. The molecule has 148 valence electrons. The summed E-state index contributed by atoms with van der Waals surface area (Å²) in [5.41, 5.74) is 0.580. The minimum Gasteiger partial charge on any atom is -0.387 e. The molecule has 0 aromatic heterocycles. The Morgan fingerprint density at radius 1 is 1.00 bits per heavy atom. The van der Waals surface area contributed by atoms with Crippen LogP contribution >= 0.6 is 11.6 Å². The molecule has 0 fully saturated rings. The smallest absolute Gasteiger partial charge is 0.242 e. The highest BCUT2D eigenvalue weighted by molar-refractivity contribution is 7.91. The number of hydrogen-bond donors (Lipinski definition) is 2. The van der Waals surface area contributed by atoms with Crippen LogP contribution in [-0.4, -0.2) is 34.7 Å². The van der Waals surface area contributed by atoms with E-state index < -0.39 is 26.0 Å². The molecule has 0 radical (unpaired) electrons. The van der Waals surface area contributed by atoms with Gasteiger partial charge in [0.05, 0.1) is 16.0 Å². The first kappa shape index (κ1) is 20.8. The van der Waals surface area contributed by atoms with Gasteiger partial charge in [0.15, 0.2) is 9.84 Å². The Balaban J connectivity index is 1.87. The van der Waals surface area contributed by atoms with Gasteiger partial charge in [0.25, 0.3) is 0 Å². The van der Waals surface area contributed by atoms with E-state index in [-0.39, 0.29) is 21.4 Å². The van der Waals surface area contributed by atoms with Crippen LogP contribution in [-0.2, 0) is 19.9 Å². The molecule has 28 heavy (non-hydrogen) atoms. The van der Waals surface area contributed by atoms with Gasteiger partial charge in [-0.05, 0) is 34.5 Å². The van der Waals surface area contributed by atoms with Gasteiger partial charge in [-0.3, -0.25) is 0 Å². The van der Waals surface area contributed by atoms with Crippen molar-refractivity contribution in [3.63, 3.8) is 0 Å². The molecular weight excluding hydrogens is 422 g/mol. The van der Waals surface area contributed by atoms with Crippen molar-refractivity contribution in [1.82, 2.24) is 4.72 Å². The van der Waals surface area contributed by atoms with Gasteiger partial charge in [0.2, 0.25) is 10.0 Å². The number of rotatable bonds is 6. The minimum atomic E-state index is -4.14. The lowest BCUT2D eigenvalue weighted by atomic mass is 10.0. The summed E-state index contributed by atoms with van der Waals surface area (Å²) in [6, 6.07) is 16.3. The lowest BCUT2D eigenvalue weighted by Crippen LogP contribution is -2.29. The molecule has 2 N–H and O–H groups in total. The van der Waals surface area contributed by atoms with E-state index in [1.807, 2.05) is 30.3 Å². The Morgan fingerprint density at radius 2 is 1.68 bits per heavy atom. The largest absolute Gasteiger partial charge is 0.387 e. The Morgan fingerprint density at radius 3 is 2.39 bits per heavy atom. The average Bonchev–Trinajstić information content (AvgIpc) is 2.65. The normalized spacial score (nSPS) is 13.5. The van der Waals surface area contributed by atoms with Gasteiger partial charge in [-0.25, -0.2) is 21.6 Å². The maximum Gasteiger partial charge on any atom is 0.242 e. The SMILES string of the molecule is CS(=O)(=O)c1ccc(Cl)c(S(=O)(=O)NCC(O)c2cccc3ccccc23)c1. The molecular formula is C19H18ClNO5S2. The Kier molecular flexibility index (Phi) is 5.79. The van der Waals surface area contributed by atoms with Crippen LogP contribution in [0.2, 0.25) is 5.02 Å². The fourth-order valence-electron chi connectivity index (χ4n) is 2.84. The lowest BCUT2D eigenvalue weighted by molar-refractivity contribution is 0.183. The van der Waals surface area contributed by atoms with Crippen LogP contribution in [0, 0.1) is 0 Å². The van der Waals surface area contributed by atoms with Crippen molar-refractivity contribution in [3.8, 4) is 0 Å². The summed E-state index contributed by atoms with van der Waals surface area (Å²) < 4.78 is 51.0. The highest BCUT2D eigenvalue weighted by Crippen LogP contribution is 2.27. The second-order valence-electron chi connectivity index (χ2n) is 6.30. The molecule has 1 atom stereocenters. The highest BCUT2D eigenvalue weighted by atomic mass is 35.5. The predicted molar refractivity (Wildman–Crippen MR) is 109 cm³/mol. The number of sulfonamides is 1. The van der Waals surface area contributed by atoms with Crippen LogP contribution in [0.25, 0.3) is 10.8 Å². The van der Waals surface area contributed by atoms with E-state index in [1.54, 1.807) is 12.1 Å². The van der Waals surface area contributed by atoms with Crippen molar-refractivity contribution in [1.29, 1.82) is 0 Å². The van der Waals surface area contributed by atoms with E-state index in [9.17, 15) is 21.9 Å². The third-order valence-electron chi connectivity index (χ3n) is 4.27. The van der Waals surface area contributed by atoms with Crippen LogP contribution in [0.15, 0.2) is 70.5 Å². The molecule has 1 unspecified atom stereocenters. The number of aliphatic hydroxyl groups is 1. The molecule has 6 nitrogen and oxygen atoms in total. The third-order valence-corrected chi connectivity index (χ3v) is 7.28. The van der Waals surface area contributed by atoms with Gasteiger partial charge in [-0.15, -0.1) is 0 Å². The van der Waals surface area contributed by atoms with Crippen LogP contribution < -0.4 is 4.72 Å². The number of halogens is 1. The van der Waals surface area contributed by atoms with Gasteiger partial charge >= 0.3 is 0 Å². The van der Waals surface area contributed by atoms with E-state index >= 15 is 0 Å². The van der Waals surface area contributed by atoms with E-state index in [0.29, 0.717) is 5.56 Å².